The molecule has 29 heavy (non-hydrogen) atoms. The first kappa shape index (κ1) is 24.9. The average Bonchev–Trinajstić information content (AvgIpc) is 3.08. The maximum absolute atomic E-state index is 12.3. The summed E-state index contributed by atoms with van der Waals surface area (Å²) < 4.78 is 5.22. The predicted octanol–water partition coefficient (Wildman–Crippen LogP) is 3.59. The molecule has 3 N–H and O–H groups in total. The van der Waals surface area contributed by atoms with Crippen LogP contribution in [0.3, 0.4) is 0 Å². The average molecular weight is 458 g/mol. The predicted molar refractivity (Wildman–Crippen MR) is 123 cm³/mol. The molecule has 0 aliphatic carbocycles. The number of benzene rings is 1. The standard InChI is InChI=1S/C19H23N5O2S.2ClH/c1-13-17(23-12-22-13)11-27-7-6-20-19-21-10-15(18(25)24-19)8-14-4-3-5-16(9-14)26-2;;/h3-5,9-10,12H,6-8,11H2,1-2H3,(H,22,23)(H2,20,21,24,25);2*1H. The smallest absolute Gasteiger partial charge is 0.255 e. The largest absolute Gasteiger partial charge is 0.497 e. The highest BCUT2D eigenvalue weighted by molar-refractivity contribution is 7.98. The zero-order valence-corrected chi connectivity index (χ0v) is 18.7. The van der Waals surface area contributed by atoms with Crippen molar-refractivity contribution >= 4 is 42.5 Å². The van der Waals surface area contributed by atoms with E-state index >= 15 is 0 Å². The van der Waals surface area contributed by atoms with Gasteiger partial charge in [0.15, 0.2) is 0 Å². The zero-order valence-electron chi connectivity index (χ0n) is 16.2. The highest BCUT2D eigenvalue weighted by Crippen LogP contribution is 2.15. The summed E-state index contributed by atoms with van der Waals surface area (Å²) in [6.45, 7) is 2.73. The Morgan fingerprint density at radius 2 is 2.07 bits per heavy atom. The SMILES string of the molecule is COc1cccc(Cc2cnc(NCCSCc3nc[nH]c3C)[nH]c2=O)c1.Cl.Cl. The minimum atomic E-state index is -0.130. The highest BCUT2D eigenvalue weighted by Gasteiger charge is 2.05. The van der Waals surface area contributed by atoms with E-state index in [2.05, 4.69) is 25.3 Å². The van der Waals surface area contributed by atoms with Crippen LogP contribution >= 0.6 is 36.6 Å². The molecular weight excluding hydrogens is 433 g/mol. The number of halogens is 2. The second-order valence-electron chi connectivity index (χ2n) is 6.07. The van der Waals surface area contributed by atoms with Gasteiger partial charge in [-0.15, -0.1) is 24.8 Å². The van der Waals surface area contributed by atoms with Crippen LogP contribution in [0.15, 0.2) is 41.6 Å². The number of aryl methyl sites for hydroxylation is 1. The zero-order chi connectivity index (χ0) is 19.1. The Hall–Kier alpha value is -2.16. The number of thioether (sulfide) groups is 1. The van der Waals surface area contributed by atoms with E-state index in [0.717, 1.165) is 34.2 Å². The molecule has 10 heteroatoms. The summed E-state index contributed by atoms with van der Waals surface area (Å²) in [5, 5.41) is 3.15. The number of aromatic nitrogens is 4. The van der Waals surface area contributed by atoms with Crippen molar-refractivity contribution < 1.29 is 4.74 Å². The topological polar surface area (TPSA) is 95.7 Å². The number of H-pyrrole nitrogens is 2. The molecule has 0 unspecified atom stereocenters. The van der Waals surface area contributed by atoms with Crippen molar-refractivity contribution in [3.8, 4) is 5.75 Å². The number of methoxy groups -OCH3 is 1. The van der Waals surface area contributed by atoms with E-state index in [9.17, 15) is 4.79 Å². The summed E-state index contributed by atoms with van der Waals surface area (Å²) in [5.41, 5.74) is 3.68. The third-order valence-corrected chi connectivity index (χ3v) is 5.08. The summed E-state index contributed by atoms with van der Waals surface area (Å²) in [6, 6.07) is 7.68. The van der Waals surface area contributed by atoms with Gasteiger partial charge in [-0.05, 0) is 24.6 Å². The minimum absolute atomic E-state index is 0. The van der Waals surface area contributed by atoms with E-state index in [1.165, 1.54) is 0 Å². The lowest BCUT2D eigenvalue weighted by molar-refractivity contribution is 0.414. The van der Waals surface area contributed by atoms with E-state index in [1.807, 2.05) is 31.2 Å². The number of imidazole rings is 1. The third-order valence-electron chi connectivity index (χ3n) is 4.11. The molecule has 0 aliphatic heterocycles. The lowest BCUT2D eigenvalue weighted by Crippen LogP contribution is -2.18. The van der Waals surface area contributed by atoms with Gasteiger partial charge < -0.3 is 15.0 Å². The Kier molecular flexibility index (Phi) is 10.6. The Balaban J connectivity index is 0.00000210. The fraction of sp³-hybridized carbons (Fsp3) is 0.316. The molecule has 0 amide bonds. The van der Waals surface area contributed by atoms with Crippen LogP contribution in [0.4, 0.5) is 5.95 Å². The van der Waals surface area contributed by atoms with Crippen molar-refractivity contribution in [3.05, 3.63) is 69.7 Å². The van der Waals surface area contributed by atoms with Gasteiger partial charge in [-0.2, -0.15) is 11.8 Å². The van der Waals surface area contributed by atoms with Gasteiger partial charge in [-0.3, -0.25) is 9.78 Å². The van der Waals surface area contributed by atoms with Gasteiger partial charge >= 0.3 is 0 Å². The summed E-state index contributed by atoms with van der Waals surface area (Å²) >= 11 is 1.78. The van der Waals surface area contributed by atoms with Crippen LogP contribution in [0.2, 0.25) is 0 Å². The molecule has 3 aromatic rings. The van der Waals surface area contributed by atoms with Gasteiger partial charge in [-0.1, -0.05) is 12.1 Å². The van der Waals surface area contributed by atoms with E-state index in [-0.39, 0.29) is 30.4 Å². The van der Waals surface area contributed by atoms with Gasteiger partial charge in [0.2, 0.25) is 5.95 Å². The maximum atomic E-state index is 12.3. The van der Waals surface area contributed by atoms with Crippen LogP contribution in [-0.4, -0.2) is 39.3 Å². The number of hydrogen-bond donors (Lipinski definition) is 3. The second kappa shape index (κ2) is 12.4. The van der Waals surface area contributed by atoms with Crippen LogP contribution in [0.1, 0.15) is 22.5 Å². The molecule has 0 saturated carbocycles. The molecule has 2 aromatic heterocycles. The van der Waals surface area contributed by atoms with Gasteiger partial charge in [0.1, 0.15) is 5.75 Å². The lowest BCUT2D eigenvalue weighted by Gasteiger charge is -2.07. The quantitative estimate of drug-likeness (QED) is 0.424. The molecule has 0 saturated heterocycles. The third kappa shape index (κ3) is 7.30. The highest BCUT2D eigenvalue weighted by atomic mass is 35.5. The van der Waals surface area contributed by atoms with Crippen molar-refractivity contribution in [3.63, 3.8) is 0 Å². The number of nitrogens with one attached hydrogen (secondary N) is 3. The van der Waals surface area contributed by atoms with Crippen molar-refractivity contribution in [2.24, 2.45) is 0 Å². The van der Waals surface area contributed by atoms with Crippen molar-refractivity contribution in [1.82, 2.24) is 19.9 Å². The van der Waals surface area contributed by atoms with E-state index in [0.29, 0.717) is 24.5 Å². The summed E-state index contributed by atoms with van der Waals surface area (Å²) in [7, 11) is 1.63. The number of nitrogens with zero attached hydrogens (tertiary/aromatic N) is 2. The molecule has 0 fully saturated rings. The molecule has 0 spiro atoms. The fourth-order valence-electron chi connectivity index (χ4n) is 2.58. The summed E-state index contributed by atoms with van der Waals surface area (Å²) in [5.74, 6) is 3.02. The number of anilines is 1. The Morgan fingerprint density at radius 3 is 2.76 bits per heavy atom. The van der Waals surface area contributed by atoms with E-state index in [4.69, 9.17) is 4.74 Å². The normalized spacial score (nSPS) is 10.0. The van der Waals surface area contributed by atoms with Crippen molar-refractivity contribution in [2.45, 2.75) is 19.1 Å². The van der Waals surface area contributed by atoms with Gasteiger partial charge in [0.05, 0.1) is 19.1 Å². The molecule has 3 rings (SSSR count). The van der Waals surface area contributed by atoms with Crippen molar-refractivity contribution in [1.29, 1.82) is 0 Å². The fourth-order valence-corrected chi connectivity index (χ4v) is 3.46. The molecule has 158 valence electrons. The van der Waals surface area contributed by atoms with Crippen LogP contribution in [0.5, 0.6) is 5.75 Å². The van der Waals surface area contributed by atoms with Crippen LogP contribution in [-0.2, 0) is 12.2 Å². The number of aromatic amines is 2. The van der Waals surface area contributed by atoms with Crippen LogP contribution < -0.4 is 15.6 Å². The lowest BCUT2D eigenvalue weighted by atomic mass is 10.1. The van der Waals surface area contributed by atoms with Crippen molar-refractivity contribution in [2.75, 3.05) is 24.7 Å². The molecule has 0 radical (unpaired) electrons. The number of ether oxygens (including phenoxy) is 1. The van der Waals surface area contributed by atoms with Crippen LogP contribution in [0.25, 0.3) is 0 Å². The summed E-state index contributed by atoms with van der Waals surface area (Å²) in [6.07, 6.45) is 3.85. The number of hydrogen-bond acceptors (Lipinski definition) is 6. The number of rotatable bonds is 9. The molecule has 0 bridgehead atoms. The Morgan fingerprint density at radius 1 is 1.24 bits per heavy atom. The molecule has 2 heterocycles. The van der Waals surface area contributed by atoms with E-state index in [1.54, 1.807) is 31.4 Å². The second-order valence-corrected chi connectivity index (χ2v) is 7.17. The monoisotopic (exact) mass is 457 g/mol. The first-order valence-corrected chi connectivity index (χ1v) is 9.83. The maximum Gasteiger partial charge on any atom is 0.255 e. The molecule has 7 nitrogen and oxygen atoms in total. The van der Waals surface area contributed by atoms with Crippen LogP contribution in [0, 0.1) is 6.92 Å². The van der Waals surface area contributed by atoms with Gasteiger partial charge in [0, 0.05) is 41.9 Å². The minimum Gasteiger partial charge on any atom is -0.497 e. The first-order chi connectivity index (χ1) is 13.2. The molecule has 0 atom stereocenters. The Bertz CT molecular complexity index is 948. The van der Waals surface area contributed by atoms with Gasteiger partial charge in [0.25, 0.3) is 5.56 Å². The summed E-state index contributed by atoms with van der Waals surface area (Å²) in [4.78, 5) is 26.8. The molecule has 0 aliphatic rings. The molecule has 1 aromatic carbocycles. The first-order valence-electron chi connectivity index (χ1n) is 8.67. The molecular formula is C19H25Cl2N5O2S. The Labute approximate surface area is 186 Å². The van der Waals surface area contributed by atoms with E-state index < -0.39 is 0 Å². The van der Waals surface area contributed by atoms with Gasteiger partial charge in [-0.25, -0.2) is 9.97 Å².